The molecule has 20 heavy (non-hydrogen) atoms. The Bertz CT molecular complexity index is 665. The van der Waals surface area contributed by atoms with Gasteiger partial charge in [-0.1, -0.05) is 23.2 Å². The van der Waals surface area contributed by atoms with Crippen LogP contribution in [0.25, 0.3) is 0 Å². The molecule has 0 aliphatic rings. The number of rotatable bonds is 4. The van der Waals surface area contributed by atoms with Crippen molar-refractivity contribution in [2.75, 3.05) is 17.7 Å². The highest BCUT2D eigenvalue weighted by Crippen LogP contribution is 2.31. The van der Waals surface area contributed by atoms with Gasteiger partial charge in [0.2, 0.25) is 11.8 Å². The zero-order valence-electron chi connectivity index (χ0n) is 10.2. The maximum absolute atomic E-state index is 11.0. The van der Waals surface area contributed by atoms with Crippen molar-refractivity contribution in [1.82, 2.24) is 9.97 Å². The molecule has 7 nitrogen and oxygen atoms in total. The van der Waals surface area contributed by atoms with E-state index in [-0.39, 0.29) is 17.5 Å². The van der Waals surface area contributed by atoms with Crippen LogP contribution in [0.4, 0.5) is 23.1 Å². The van der Waals surface area contributed by atoms with Crippen LogP contribution in [-0.4, -0.2) is 21.9 Å². The molecule has 2 rings (SSSR count). The van der Waals surface area contributed by atoms with E-state index in [0.717, 1.165) is 6.20 Å². The average molecular weight is 314 g/mol. The number of benzene rings is 1. The minimum Gasteiger partial charge on any atom is -0.357 e. The fraction of sp³-hybridized carbons (Fsp3) is 0.0909. The number of nitrogens with one attached hydrogen (secondary N) is 2. The van der Waals surface area contributed by atoms with Gasteiger partial charge in [0.1, 0.15) is 6.20 Å². The van der Waals surface area contributed by atoms with Crippen molar-refractivity contribution in [1.29, 1.82) is 0 Å². The molecule has 0 aliphatic carbocycles. The summed E-state index contributed by atoms with van der Waals surface area (Å²) in [7, 11) is 1.61. The topological polar surface area (TPSA) is 93.0 Å². The van der Waals surface area contributed by atoms with Crippen molar-refractivity contribution in [3.05, 3.63) is 44.6 Å². The summed E-state index contributed by atoms with van der Waals surface area (Å²) in [4.78, 5) is 18.2. The standard InChI is InChI=1S/C11H9Cl2N5O2/c1-14-11-15-5-9(18(19)20)10(17-11)16-8-3-2-6(12)4-7(8)13/h2-5H,1H3,(H2,14,15,16,17). The number of nitro groups is 1. The van der Waals surface area contributed by atoms with E-state index in [2.05, 4.69) is 20.6 Å². The lowest BCUT2D eigenvalue weighted by atomic mass is 10.3. The van der Waals surface area contributed by atoms with Gasteiger partial charge in [-0.05, 0) is 18.2 Å². The summed E-state index contributed by atoms with van der Waals surface area (Å²) in [6.07, 6.45) is 1.12. The third kappa shape index (κ3) is 3.06. The zero-order valence-corrected chi connectivity index (χ0v) is 11.7. The Labute approximate surface area is 124 Å². The molecule has 2 aromatic rings. The molecule has 1 aromatic carbocycles. The SMILES string of the molecule is CNc1ncc([N+](=O)[O-])c(Nc2ccc(Cl)cc2Cl)n1. The maximum atomic E-state index is 11.0. The van der Waals surface area contributed by atoms with E-state index >= 15 is 0 Å². The van der Waals surface area contributed by atoms with E-state index in [9.17, 15) is 10.1 Å². The van der Waals surface area contributed by atoms with Gasteiger partial charge < -0.3 is 10.6 Å². The van der Waals surface area contributed by atoms with Crippen molar-refractivity contribution >= 4 is 46.3 Å². The van der Waals surface area contributed by atoms with Crippen molar-refractivity contribution in [3.8, 4) is 0 Å². The van der Waals surface area contributed by atoms with Crippen LogP contribution in [-0.2, 0) is 0 Å². The van der Waals surface area contributed by atoms with E-state index in [1.165, 1.54) is 6.07 Å². The molecule has 0 saturated heterocycles. The second kappa shape index (κ2) is 5.89. The molecule has 104 valence electrons. The summed E-state index contributed by atoms with van der Waals surface area (Å²) in [6.45, 7) is 0. The summed E-state index contributed by atoms with van der Waals surface area (Å²) >= 11 is 11.8. The smallest absolute Gasteiger partial charge is 0.329 e. The fourth-order valence-corrected chi connectivity index (χ4v) is 1.90. The Balaban J connectivity index is 2.43. The monoisotopic (exact) mass is 313 g/mol. The second-order valence-corrected chi connectivity index (χ2v) is 4.53. The van der Waals surface area contributed by atoms with Gasteiger partial charge in [-0.3, -0.25) is 10.1 Å². The molecule has 0 aliphatic heterocycles. The Morgan fingerprint density at radius 1 is 1.35 bits per heavy atom. The van der Waals surface area contributed by atoms with Gasteiger partial charge in [0.15, 0.2) is 0 Å². The van der Waals surface area contributed by atoms with Crippen molar-refractivity contribution < 1.29 is 4.92 Å². The highest BCUT2D eigenvalue weighted by Gasteiger charge is 2.18. The quantitative estimate of drug-likeness (QED) is 0.663. The predicted molar refractivity (Wildman–Crippen MR) is 78.0 cm³/mol. The first-order valence-corrected chi connectivity index (χ1v) is 6.18. The minimum atomic E-state index is -0.578. The molecule has 2 N–H and O–H groups in total. The average Bonchev–Trinajstić information content (AvgIpc) is 2.41. The lowest BCUT2D eigenvalue weighted by Gasteiger charge is -2.09. The second-order valence-electron chi connectivity index (χ2n) is 3.68. The number of hydrogen-bond acceptors (Lipinski definition) is 6. The van der Waals surface area contributed by atoms with Crippen molar-refractivity contribution in [3.63, 3.8) is 0 Å². The van der Waals surface area contributed by atoms with Crippen LogP contribution in [0.15, 0.2) is 24.4 Å². The lowest BCUT2D eigenvalue weighted by Crippen LogP contribution is -2.04. The van der Waals surface area contributed by atoms with Crippen LogP contribution < -0.4 is 10.6 Å². The van der Waals surface area contributed by atoms with Gasteiger partial charge >= 0.3 is 5.69 Å². The van der Waals surface area contributed by atoms with Crippen LogP contribution in [0.1, 0.15) is 0 Å². The molecule has 0 unspecified atom stereocenters. The minimum absolute atomic E-state index is 0.0403. The largest absolute Gasteiger partial charge is 0.357 e. The molecular formula is C11H9Cl2N5O2. The highest BCUT2D eigenvalue weighted by molar-refractivity contribution is 6.36. The van der Waals surface area contributed by atoms with Gasteiger partial charge in [-0.25, -0.2) is 4.98 Å². The Kier molecular flexibility index (Phi) is 4.21. The zero-order chi connectivity index (χ0) is 14.7. The van der Waals surface area contributed by atoms with E-state index in [1.807, 2.05) is 0 Å². The molecule has 1 aromatic heterocycles. The Morgan fingerprint density at radius 2 is 2.10 bits per heavy atom. The van der Waals surface area contributed by atoms with Crippen LogP contribution in [0.5, 0.6) is 0 Å². The highest BCUT2D eigenvalue weighted by atomic mass is 35.5. The van der Waals surface area contributed by atoms with Crippen LogP contribution in [0.3, 0.4) is 0 Å². The third-order valence-corrected chi connectivity index (χ3v) is 2.92. The Morgan fingerprint density at radius 3 is 2.70 bits per heavy atom. The molecule has 0 saturated carbocycles. The van der Waals surface area contributed by atoms with Crippen LogP contribution in [0, 0.1) is 10.1 Å². The van der Waals surface area contributed by atoms with Gasteiger partial charge in [-0.15, -0.1) is 0 Å². The summed E-state index contributed by atoms with van der Waals surface area (Å²) in [5.74, 6) is 0.293. The van der Waals surface area contributed by atoms with Gasteiger partial charge in [0.25, 0.3) is 0 Å². The van der Waals surface area contributed by atoms with Crippen LogP contribution >= 0.6 is 23.2 Å². The van der Waals surface area contributed by atoms with E-state index in [4.69, 9.17) is 23.2 Å². The first-order valence-electron chi connectivity index (χ1n) is 5.42. The molecule has 0 amide bonds. The molecule has 0 fully saturated rings. The number of aromatic nitrogens is 2. The number of anilines is 3. The maximum Gasteiger partial charge on any atom is 0.329 e. The van der Waals surface area contributed by atoms with Gasteiger partial charge in [0, 0.05) is 12.1 Å². The molecule has 0 radical (unpaired) electrons. The number of halogens is 2. The Hall–Kier alpha value is -2.12. The lowest BCUT2D eigenvalue weighted by molar-refractivity contribution is -0.384. The normalized spacial score (nSPS) is 10.2. The molecule has 0 bridgehead atoms. The summed E-state index contributed by atoms with van der Waals surface area (Å²) in [5.41, 5.74) is 0.204. The number of hydrogen-bond donors (Lipinski definition) is 2. The van der Waals surface area contributed by atoms with E-state index in [1.54, 1.807) is 19.2 Å². The predicted octanol–water partition coefficient (Wildman–Crippen LogP) is 3.48. The van der Waals surface area contributed by atoms with Crippen molar-refractivity contribution in [2.45, 2.75) is 0 Å². The van der Waals surface area contributed by atoms with Crippen molar-refractivity contribution in [2.24, 2.45) is 0 Å². The molecule has 0 spiro atoms. The molecular weight excluding hydrogens is 305 g/mol. The van der Waals surface area contributed by atoms with Crippen LogP contribution in [0.2, 0.25) is 10.0 Å². The first-order chi connectivity index (χ1) is 9.51. The molecule has 1 heterocycles. The molecule has 9 heteroatoms. The third-order valence-electron chi connectivity index (χ3n) is 2.37. The van der Waals surface area contributed by atoms with Gasteiger partial charge in [-0.2, -0.15) is 4.98 Å². The number of nitrogens with zero attached hydrogens (tertiary/aromatic N) is 3. The summed E-state index contributed by atoms with van der Waals surface area (Å²) in [5, 5.41) is 17.3. The van der Waals surface area contributed by atoms with Gasteiger partial charge in [0.05, 0.1) is 15.6 Å². The first kappa shape index (κ1) is 14.3. The fourth-order valence-electron chi connectivity index (χ4n) is 1.44. The summed E-state index contributed by atoms with van der Waals surface area (Å²) in [6, 6.07) is 4.74. The summed E-state index contributed by atoms with van der Waals surface area (Å²) < 4.78 is 0. The molecule has 0 atom stereocenters. The van der Waals surface area contributed by atoms with E-state index in [0.29, 0.717) is 15.7 Å². The van der Waals surface area contributed by atoms with E-state index < -0.39 is 4.92 Å².